The van der Waals surface area contributed by atoms with Crippen LogP contribution < -0.4 is 10.6 Å². The van der Waals surface area contributed by atoms with Gasteiger partial charge in [0, 0.05) is 11.3 Å². The highest BCUT2D eigenvalue weighted by atomic mass is 32.1. The summed E-state index contributed by atoms with van der Waals surface area (Å²) in [6, 6.07) is 9.03. The van der Waals surface area contributed by atoms with Gasteiger partial charge in [-0.05, 0) is 41.8 Å². The van der Waals surface area contributed by atoms with Crippen molar-refractivity contribution >= 4 is 28.9 Å². The Balaban J connectivity index is 2.02. The second kappa shape index (κ2) is 9.00. The van der Waals surface area contributed by atoms with E-state index in [2.05, 4.69) is 9.84 Å². The highest BCUT2D eigenvalue weighted by molar-refractivity contribution is 7.10. The molecule has 2 N–H and O–H groups in total. The summed E-state index contributed by atoms with van der Waals surface area (Å²) in [7, 11) is 0. The molecule has 136 valence electrons. The average molecular weight is 380 g/mol. The lowest BCUT2D eigenvalue weighted by Crippen LogP contribution is -2.19. The highest BCUT2D eigenvalue weighted by Gasteiger charge is 2.32. The number of nitrogens with two attached hydrogens (primary N) is 1. The van der Waals surface area contributed by atoms with Crippen LogP contribution in [0.5, 0.6) is 5.75 Å². The van der Waals surface area contributed by atoms with Gasteiger partial charge in [-0.3, -0.25) is 4.79 Å². The maximum Gasteiger partial charge on any atom is 0.573 e. The molecular weight excluding hydrogens is 365 g/mol. The molecule has 2 aromatic rings. The predicted octanol–water partition coefficient (Wildman–Crippen LogP) is 4.80. The van der Waals surface area contributed by atoms with Gasteiger partial charge in [-0.15, -0.1) is 24.5 Å². The number of nitrogens with zero attached hydrogens (tertiary/aromatic N) is 1. The molecule has 0 aliphatic heterocycles. The molecule has 0 atom stereocenters. The second-order valence-electron chi connectivity index (χ2n) is 4.98. The van der Waals surface area contributed by atoms with Crippen molar-refractivity contribution in [3.63, 3.8) is 0 Å². The van der Waals surface area contributed by atoms with Crippen molar-refractivity contribution in [3.05, 3.63) is 70.4 Å². The van der Waals surface area contributed by atoms with Crippen LogP contribution in [0.25, 0.3) is 6.08 Å². The van der Waals surface area contributed by atoms with Gasteiger partial charge in [0.1, 0.15) is 5.75 Å². The van der Waals surface area contributed by atoms with Gasteiger partial charge in [0.25, 0.3) is 0 Å². The minimum Gasteiger partial charge on any atom is -0.405 e. The first-order valence-corrected chi connectivity index (χ1v) is 8.31. The van der Waals surface area contributed by atoms with Crippen molar-refractivity contribution < 1.29 is 22.7 Å². The van der Waals surface area contributed by atoms with Gasteiger partial charge < -0.3 is 10.6 Å². The van der Waals surface area contributed by atoms with Crippen LogP contribution in [0.2, 0.25) is 0 Å². The molecule has 0 bridgehead atoms. The van der Waals surface area contributed by atoms with Crippen molar-refractivity contribution in [3.8, 4) is 5.75 Å². The molecular formula is C18H15F3N2O2S. The quantitative estimate of drug-likeness (QED) is 0.325. The Hall–Kier alpha value is -2.87. The molecule has 8 heteroatoms. The smallest absolute Gasteiger partial charge is 0.405 e. The summed E-state index contributed by atoms with van der Waals surface area (Å²) in [4.78, 5) is 13.2. The Bertz CT molecular complexity index is 825. The average Bonchev–Trinajstić information content (AvgIpc) is 3.10. The Morgan fingerprint density at radius 3 is 2.62 bits per heavy atom. The molecule has 0 amide bonds. The predicted molar refractivity (Wildman–Crippen MR) is 96.2 cm³/mol. The third-order valence-electron chi connectivity index (χ3n) is 3.12. The lowest BCUT2D eigenvalue weighted by Gasteiger charge is -2.11. The Kier molecular flexibility index (Phi) is 6.74. The Morgan fingerprint density at radius 2 is 1.96 bits per heavy atom. The zero-order valence-electron chi connectivity index (χ0n) is 13.4. The monoisotopic (exact) mass is 380 g/mol. The second-order valence-corrected chi connectivity index (χ2v) is 5.96. The number of hydrogen-bond acceptors (Lipinski definition) is 5. The summed E-state index contributed by atoms with van der Waals surface area (Å²) in [5.41, 5.74) is 0.279. The number of halogens is 3. The van der Waals surface area contributed by atoms with Crippen molar-refractivity contribution in [2.75, 3.05) is 0 Å². The number of carbonyl (C=O) groups is 1. The van der Waals surface area contributed by atoms with E-state index in [-0.39, 0.29) is 12.0 Å². The van der Waals surface area contributed by atoms with Crippen LogP contribution in [0, 0.1) is 0 Å². The van der Waals surface area contributed by atoms with Crippen molar-refractivity contribution in [2.45, 2.75) is 12.8 Å². The lowest BCUT2D eigenvalue weighted by atomic mass is 10.1. The number of hydrogen-bond donors (Lipinski definition) is 1. The molecule has 0 unspecified atom stereocenters. The maximum absolute atomic E-state index is 12.4. The van der Waals surface area contributed by atoms with E-state index in [9.17, 15) is 18.0 Å². The van der Waals surface area contributed by atoms with Gasteiger partial charge in [0.15, 0.2) is 5.78 Å². The molecule has 26 heavy (non-hydrogen) atoms. The first kappa shape index (κ1) is 19.5. The fraction of sp³-hybridized carbons (Fsp3) is 0.111. The van der Waals surface area contributed by atoms with Crippen molar-refractivity contribution in [1.29, 1.82) is 0 Å². The van der Waals surface area contributed by atoms with Crippen LogP contribution in [0.4, 0.5) is 13.2 Å². The third kappa shape index (κ3) is 6.21. The van der Waals surface area contributed by atoms with Gasteiger partial charge in [-0.25, -0.2) is 0 Å². The van der Waals surface area contributed by atoms with Crippen molar-refractivity contribution in [1.82, 2.24) is 0 Å². The van der Waals surface area contributed by atoms with Gasteiger partial charge in [0.05, 0.1) is 11.3 Å². The topological polar surface area (TPSA) is 64.7 Å². The van der Waals surface area contributed by atoms with Gasteiger partial charge >= 0.3 is 6.36 Å². The number of thiophene rings is 1. The Morgan fingerprint density at radius 1 is 1.19 bits per heavy atom. The summed E-state index contributed by atoms with van der Waals surface area (Å²) >= 11 is 1.54. The number of Topliss-reactive ketones (excluding diaryl/α,β-unsaturated/α-hetero) is 1. The Labute approximate surface area is 152 Å². The molecule has 0 spiro atoms. The zero-order chi connectivity index (χ0) is 19.0. The van der Waals surface area contributed by atoms with Gasteiger partial charge in [0.2, 0.25) is 0 Å². The number of rotatable bonds is 7. The van der Waals surface area contributed by atoms with Crippen molar-refractivity contribution in [2.24, 2.45) is 10.9 Å². The van der Waals surface area contributed by atoms with E-state index < -0.39 is 17.9 Å². The first-order valence-electron chi connectivity index (χ1n) is 7.43. The summed E-state index contributed by atoms with van der Waals surface area (Å²) in [6.45, 7) is 0. The van der Waals surface area contributed by atoms with Gasteiger partial charge in [-0.1, -0.05) is 24.3 Å². The SMILES string of the molecule is N/N=C(\C=C/CC(=O)c1ccccc1OC(F)(F)F)/C=C/c1cccs1. The molecule has 4 nitrogen and oxygen atoms in total. The summed E-state index contributed by atoms with van der Waals surface area (Å²) in [5.74, 6) is 4.25. The summed E-state index contributed by atoms with van der Waals surface area (Å²) in [6.07, 6.45) is 1.51. The molecule has 0 aliphatic carbocycles. The normalized spacial score (nSPS) is 12.8. The maximum atomic E-state index is 12.4. The number of ketones is 1. The fourth-order valence-corrected chi connectivity index (χ4v) is 2.62. The minimum absolute atomic E-state index is 0.121. The number of para-hydroxylation sites is 1. The van der Waals surface area contributed by atoms with E-state index in [4.69, 9.17) is 5.84 Å². The number of hydrazone groups is 1. The lowest BCUT2D eigenvalue weighted by molar-refractivity contribution is -0.274. The largest absolute Gasteiger partial charge is 0.573 e. The van der Waals surface area contributed by atoms with E-state index in [0.29, 0.717) is 5.71 Å². The summed E-state index contributed by atoms with van der Waals surface area (Å²) in [5, 5.41) is 5.51. The van der Waals surface area contributed by atoms with E-state index in [1.807, 2.05) is 23.6 Å². The van der Waals surface area contributed by atoms with E-state index >= 15 is 0 Å². The van der Waals surface area contributed by atoms with E-state index in [0.717, 1.165) is 10.9 Å². The van der Waals surface area contributed by atoms with Crippen LogP contribution in [0.3, 0.4) is 0 Å². The number of alkyl halides is 3. The number of carbonyl (C=O) groups excluding carboxylic acids is 1. The minimum atomic E-state index is -4.86. The van der Waals surface area contributed by atoms with Gasteiger partial charge in [-0.2, -0.15) is 5.10 Å². The number of benzene rings is 1. The summed E-state index contributed by atoms with van der Waals surface area (Å²) < 4.78 is 41.1. The molecule has 0 aliphatic rings. The zero-order valence-corrected chi connectivity index (χ0v) is 14.3. The molecule has 1 aromatic carbocycles. The molecule has 2 rings (SSSR count). The molecule has 1 aromatic heterocycles. The molecule has 1 heterocycles. The number of allylic oxidation sites excluding steroid dienone is 3. The standard InChI is InChI=1S/C18H15F3N2O2S/c19-18(20,21)25-17-9-2-1-7-15(17)16(24)8-3-5-13(23-22)10-11-14-6-4-12-26-14/h1-7,9-12H,8,22H2/b5-3-,11-10+,23-13+. The molecule has 0 saturated heterocycles. The number of ether oxygens (including phenoxy) is 1. The highest BCUT2D eigenvalue weighted by Crippen LogP contribution is 2.27. The fourth-order valence-electron chi connectivity index (χ4n) is 2.00. The van der Waals surface area contributed by atoms with Crippen LogP contribution in [-0.4, -0.2) is 17.9 Å². The van der Waals surface area contributed by atoms with Crippen LogP contribution in [0.1, 0.15) is 21.7 Å². The molecule has 0 fully saturated rings. The first-order chi connectivity index (χ1) is 12.4. The van der Waals surface area contributed by atoms with Crippen LogP contribution >= 0.6 is 11.3 Å². The molecule has 0 saturated carbocycles. The third-order valence-corrected chi connectivity index (χ3v) is 3.95. The molecule has 0 radical (unpaired) electrons. The van der Waals surface area contributed by atoms with Crippen LogP contribution in [0.15, 0.2) is 65.1 Å². The van der Waals surface area contributed by atoms with Crippen LogP contribution in [-0.2, 0) is 0 Å². The van der Waals surface area contributed by atoms with E-state index in [1.54, 1.807) is 17.4 Å². The van der Waals surface area contributed by atoms with E-state index in [1.165, 1.54) is 30.4 Å².